The Morgan fingerprint density at radius 1 is 0.500 bits per heavy atom. The Labute approximate surface area is 254 Å². The molecule has 2 heterocycles. The summed E-state index contributed by atoms with van der Waals surface area (Å²) in [7, 11) is 0. The Bertz CT molecular complexity index is 2350. The lowest BCUT2D eigenvalue weighted by molar-refractivity contribution is 0.659. The van der Waals surface area contributed by atoms with Crippen LogP contribution in [0, 0.1) is 0 Å². The van der Waals surface area contributed by atoms with Crippen molar-refractivity contribution in [3.8, 4) is 45.3 Å². The van der Waals surface area contributed by atoms with Gasteiger partial charge in [-0.05, 0) is 33.7 Å². The van der Waals surface area contributed by atoms with Gasteiger partial charge in [0.05, 0.1) is 0 Å². The predicted molar refractivity (Wildman–Crippen MR) is 178 cm³/mol. The van der Waals surface area contributed by atoms with Gasteiger partial charge in [0.15, 0.2) is 17.5 Å². The minimum atomic E-state index is -0.235. The third-order valence-electron chi connectivity index (χ3n) is 9.09. The molecule has 0 radical (unpaired) electrons. The van der Waals surface area contributed by atoms with Crippen molar-refractivity contribution in [3.63, 3.8) is 0 Å². The second-order valence-corrected chi connectivity index (χ2v) is 12.0. The molecule has 4 nitrogen and oxygen atoms in total. The largest absolute Gasteiger partial charge is 0.455 e. The smallest absolute Gasteiger partial charge is 0.164 e. The number of aromatic nitrogens is 3. The maximum absolute atomic E-state index is 6.80. The summed E-state index contributed by atoms with van der Waals surface area (Å²) in [6.45, 7) is 4.66. The first-order valence-corrected chi connectivity index (χ1v) is 15.0. The minimum absolute atomic E-state index is 0.235. The van der Waals surface area contributed by atoms with E-state index in [1.165, 1.54) is 27.6 Å². The van der Waals surface area contributed by atoms with E-state index < -0.39 is 0 Å². The molecule has 0 bridgehead atoms. The maximum Gasteiger partial charge on any atom is 0.164 e. The normalized spacial score (nSPS) is 13.4. The Morgan fingerprint density at radius 2 is 1.07 bits per heavy atom. The van der Waals surface area contributed by atoms with Crippen molar-refractivity contribution in [3.05, 3.63) is 139 Å². The quantitative estimate of drug-likeness (QED) is 0.214. The molecule has 0 spiro atoms. The van der Waals surface area contributed by atoms with Gasteiger partial charge in [0.1, 0.15) is 11.2 Å². The van der Waals surface area contributed by atoms with Crippen LogP contribution >= 0.6 is 0 Å². The van der Waals surface area contributed by atoms with E-state index in [9.17, 15) is 0 Å². The lowest BCUT2D eigenvalue weighted by Crippen LogP contribution is -2.15. The molecular formula is C40H27N3O. The van der Waals surface area contributed by atoms with Crippen LogP contribution < -0.4 is 0 Å². The van der Waals surface area contributed by atoms with Crippen LogP contribution in [-0.4, -0.2) is 15.0 Å². The van der Waals surface area contributed by atoms with E-state index in [-0.39, 0.29) is 5.41 Å². The van der Waals surface area contributed by atoms with Crippen LogP contribution in [-0.2, 0) is 5.41 Å². The van der Waals surface area contributed by atoms with Crippen molar-refractivity contribution < 1.29 is 4.42 Å². The number of rotatable bonds is 3. The van der Waals surface area contributed by atoms with Gasteiger partial charge < -0.3 is 4.42 Å². The van der Waals surface area contributed by atoms with Crippen LogP contribution in [0.1, 0.15) is 25.0 Å². The summed E-state index contributed by atoms with van der Waals surface area (Å²) in [5.41, 5.74) is 9.52. The molecule has 0 atom stereocenters. The molecular weight excluding hydrogens is 538 g/mol. The average molecular weight is 566 g/mol. The Morgan fingerprint density at radius 3 is 1.77 bits per heavy atom. The highest BCUT2D eigenvalue weighted by Gasteiger charge is 2.40. The van der Waals surface area contributed by atoms with Crippen molar-refractivity contribution >= 4 is 32.7 Å². The second kappa shape index (κ2) is 9.19. The molecule has 0 unspecified atom stereocenters. The molecule has 9 rings (SSSR count). The molecule has 4 heteroatoms. The summed E-state index contributed by atoms with van der Waals surface area (Å²) < 4.78 is 6.80. The zero-order valence-electron chi connectivity index (χ0n) is 24.4. The molecule has 208 valence electrons. The third kappa shape index (κ3) is 3.48. The number of fused-ring (bicyclic) bond motifs is 10. The molecule has 1 aliphatic rings. The summed E-state index contributed by atoms with van der Waals surface area (Å²) in [6.07, 6.45) is 0. The average Bonchev–Trinajstić information content (AvgIpc) is 3.58. The van der Waals surface area contributed by atoms with E-state index >= 15 is 0 Å². The van der Waals surface area contributed by atoms with E-state index in [1.807, 2.05) is 66.7 Å². The fourth-order valence-electron chi connectivity index (χ4n) is 7.14. The molecule has 1 aliphatic carbocycles. The second-order valence-electron chi connectivity index (χ2n) is 12.0. The van der Waals surface area contributed by atoms with Gasteiger partial charge in [-0.2, -0.15) is 0 Å². The van der Waals surface area contributed by atoms with Crippen molar-refractivity contribution in [2.24, 2.45) is 0 Å². The van der Waals surface area contributed by atoms with E-state index in [1.54, 1.807) is 0 Å². The van der Waals surface area contributed by atoms with Crippen LogP contribution in [0.25, 0.3) is 78.0 Å². The molecule has 44 heavy (non-hydrogen) atoms. The van der Waals surface area contributed by atoms with Gasteiger partial charge in [-0.15, -0.1) is 0 Å². The monoisotopic (exact) mass is 565 g/mol. The third-order valence-corrected chi connectivity index (χ3v) is 9.09. The van der Waals surface area contributed by atoms with Crippen molar-refractivity contribution in [1.82, 2.24) is 15.0 Å². The molecule has 0 saturated heterocycles. The number of nitrogens with zero attached hydrogens (tertiary/aromatic N) is 3. The summed E-state index contributed by atoms with van der Waals surface area (Å²) >= 11 is 0. The number of benzene rings is 6. The molecule has 0 amide bonds. The molecule has 8 aromatic rings. The molecule has 2 aromatic heterocycles. The Kier molecular flexibility index (Phi) is 5.21. The fraction of sp³-hybridized carbons (Fsp3) is 0.0750. The van der Waals surface area contributed by atoms with Crippen molar-refractivity contribution in [1.29, 1.82) is 0 Å². The van der Waals surface area contributed by atoms with Gasteiger partial charge in [0.2, 0.25) is 0 Å². The summed E-state index contributed by atoms with van der Waals surface area (Å²) in [6, 6.07) is 43.9. The topological polar surface area (TPSA) is 51.8 Å². The van der Waals surface area contributed by atoms with Gasteiger partial charge in [-0.25, -0.2) is 15.0 Å². The van der Waals surface area contributed by atoms with Crippen molar-refractivity contribution in [2.75, 3.05) is 0 Å². The maximum atomic E-state index is 6.80. The van der Waals surface area contributed by atoms with Crippen molar-refractivity contribution in [2.45, 2.75) is 19.3 Å². The first-order valence-electron chi connectivity index (χ1n) is 15.0. The van der Waals surface area contributed by atoms with Crippen LogP contribution in [0.2, 0.25) is 0 Å². The standard InChI is InChI=1S/C40H27N3O/c1-40(2)30-22-12-11-20-28(30)32-26-18-9-10-19-27(26)36-34(35(32)40)33-29(21-13-23-31(33)44-36)39-42-37(24-14-5-3-6-15-24)41-38(43-39)25-16-7-4-8-17-25/h3-23H,1-2H3. The lowest BCUT2D eigenvalue weighted by atomic mass is 9.79. The Balaban J connectivity index is 1.43. The van der Waals surface area contributed by atoms with Gasteiger partial charge in [0, 0.05) is 38.3 Å². The van der Waals surface area contributed by atoms with Gasteiger partial charge in [0.25, 0.3) is 0 Å². The molecule has 0 N–H and O–H groups in total. The fourth-order valence-corrected chi connectivity index (χ4v) is 7.14. The van der Waals surface area contributed by atoms with Gasteiger partial charge in [-0.3, -0.25) is 0 Å². The first-order chi connectivity index (χ1) is 21.6. The highest BCUT2D eigenvalue weighted by molar-refractivity contribution is 6.25. The summed E-state index contributed by atoms with van der Waals surface area (Å²) in [5, 5.41) is 4.50. The van der Waals surface area contributed by atoms with Crippen LogP contribution in [0.4, 0.5) is 0 Å². The molecule has 0 saturated carbocycles. The minimum Gasteiger partial charge on any atom is -0.455 e. The van der Waals surface area contributed by atoms with Crippen LogP contribution in [0.5, 0.6) is 0 Å². The van der Waals surface area contributed by atoms with E-state index in [0.29, 0.717) is 17.5 Å². The predicted octanol–water partition coefficient (Wildman–Crippen LogP) is 10.2. The van der Waals surface area contributed by atoms with Gasteiger partial charge >= 0.3 is 0 Å². The number of hydrogen-bond acceptors (Lipinski definition) is 4. The molecule has 6 aromatic carbocycles. The zero-order valence-corrected chi connectivity index (χ0v) is 24.4. The molecule has 0 fully saturated rings. The summed E-state index contributed by atoms with van der Waals surface area (Å²) in [5.74, 6) is 1.91. The van der Waals surface area contributed by atoms with E-state index in [2.05, 4.69) is 74.5 Å². The summed E-state index contributed by atoms with van der Waals surface area (Å²) in [4.78, 5) is 15.1. The first kappa shape index (κ1) is 24.9. The highest BCUT2D eigenvalue weighted by Crippen LogP contribution is 2.56. The highest BCUT2D eigenvalue weighted by atomic mass is 16.3. The SMILES string of the molecule is CC1(C)c2ccccc2-c2c1c1c(oc3cccc(-c4nc(-c5ccccc5)nc(-c5ccccc5)n4)c31)c1ccccc21. The van der Waals surface area contributed by atoms with E-state index in [4.69, 9.17) is 19.4 Å². The number of hydrogen-bond donors (Lipinski definition) is 0. The number of furan rings is 1. The zero-order chi connectivity index (χ0) is 29.4. The van der Waals surface area contributed by atoms with E-state index in [0.717, 1.165) is 44.0 Å². The van der Waals surface area contributed by atoms with Crippen LogP contribution in [0.15, 0.2) is 132 Å². The van der Waals surface area contributed by atoms with Gasteiger partial charge in [-0.1, -0.05) is 135 Å². The Hall–Kier alpha value is -5.61. The lowest BCUT2D eigenvalue weighted by Gasteiger charge is -2.23. The molecule has 0 aliphatic heterocycles. The van der Waals surface area contributed by atoms with Crippen LogP contribution in [0.3, 0.4) is 0 Å².